The van der Waals surface area contributed by atoms with E-state index in [1.807, 2.05) is 30.3 Å². The summed E-state index contributed by atoms with van der Waals surface area (Å²) in [5.74, 6) is 0.647. The number of ether oxygens (including phenoxy) is 1. The van der Waals surface area contributed by atoms with E-state index in [9.17, 15) is 5.11 Å². The number of hydrogen-bond acceptors (Lipinski definition) is 3. The standard InChI is InChI=1S/C15H16BrNO2/c1-15(18,8-11-3-5-13(16)6-4-11)12-7-14(19-2)10-17-9-12/h3-7,9-10,18H,8H2,1-2H3. The minimum absolute atomic E-state index is 0.523. The summed E-state index contributed by atoms with van der Waals surface area (Å²) in [5.41, 5.74) is 0.834. The number of nitrogens with zero attached hydrogens (tertiary/aromatic N) is 1. The lowest BCUT2D eigenvalue weighted by atomic mass is 9.90. The molecule has 0 bridgehead atoms. The van der Waals surface area contributed by atoms with Crippen LogP contribution in [0.15, 0.2) is 47.2 Å². The van der Waals surface area contributed by atoms with Crippen molar-refractivity contribution in [1.29, 1.82) is 0 Å². The molecule has 0 aliphatic carbocycles. The fraction of sp³-hybridized carbons (Fsp3) is 0.267. The molecule has 1 unspecified atom stereocenters. The molecule has 0 amide bonds. The van der Waals surface area contributed by atoms with Crippen molar-refractivity contribution in [1.82, 2.24) is 4.98 Å². The van der Waals surface area contributed by atoms with Crippen LogP contribution in [-0.4, -0.2) is 17.2 Å². The first-order chi connectivity index (χ1) is 9.01. The van der Waals surface area contributed by atoms with Crippen molar-refractivity contribution in [3.63, 3.8) is 0 Å². The number of halogens is 1. The number of pyridine rings is 1. The fourth-order valence-electron chi connectivity index (χ4n) is 1.93. The molecule has 1 atom stereocenters. The van der Waals surface area contributed by atoms with Crippen LogP contribution in [0.1, 0.15) is 18.1 Å². The third kappa shape index (κ3) is 3.55. The Balaban J connectivity index is 2.23. The first-order valence-electron chi connectivity index (χ1n) is 5.97. The molecule has 0 radical (unpaired) electrons. The van der Waals surface area contributed by atoms with E-state index in [1.54, 1.807) is 26.4 Å². The molecule has 1 aromatic carbocycles. The first kappa shape index (κ1) is 14.0. The predicted octanol–water partition coefficient (Wildman–Crippen LogP) is 3.30. The van der Waals surface area contributed by atoms with Gasteiger partial charge in [0, 0.05) is 22.7 Å². The van der Waals surface area contributed by atoms with Crippen molar-refractivity contribution in [2.75, 3.05) is 7.11 Å². The molecule has 3 nitrogen and oxygen atoms in total. The molecule has 1 aromatic heterocycles. The summed E-state index contributed by atoms with van der Waals surface area (Å²) in [6.07, 6.45) is 3.82. The van der Waals surface area contributed by atoms with Crippen molar-refractivity contribution < 1.29 is 9.84 Å². The lowest BCUT2D eigenvalue weighted by molar-refractivity contribution is 0.0570. The Hall–Kier alpha value is -1.39. The van der Waals surface area contributed by atoms with Gasteiger partial charge in [-0.2, -0.15) is 0 Å². The second-order valence-electron chi connectivity index (χ2n) is 4.69. The average Bonchev–Trinajstić information content (AvgIpc) is 2.41. The summed E-state index contributed by atoms with van der Waals surface area (Å²) in [5, 5.41) is 10.6. The Morgan fingerprint density at radius 3 is 2.58 bits per heavy atom. The van der Waals surface area contributed by atoms with E-state index in [0.717, 1.165) is 15.6 Å². The van der Waals surface area contributed by atoms with E-state index < -0.39 is 5.60 Å². The SMILES string of the molecule is COc1cncc(C(C)(O)Cc2ccc(Br)cc2)c1. The zero-order valence-corrected chi connectivity index (χ0v) is 12.5. The lowest BCUT2D eigenvalue weighted by Gasteiger charge is -2.24. The van der Waals surface area contributed by atoms with Crippen LogP contribution >= 0.6 is 15.9 Å². The van der Waals surface area contributed by atoms with Crippen LogP contribution in [0.4, 0.5) is 0 Å². The molecule has 0 spiro atoms. The molecule has 19 heavy (non-hydrogen) atoms. The van der Waals surface area contributed by atoms with Gasteiger partial charge in [-0.15, -0.1) is 0 Å². The van der Waals surface area contributed by atoms with E-state index >= 15 is 0 Å². The van der Waals surface area contributed by atoms with E-state index in [-0.39, 0.29) is 0 Å². The van der Waals surface area contributed by atoms with Crippen LogP contribution in [0, 0.1) is 0 Å². The largest absolute Gasteiger partial charge is 0.495 e. The summed E-state index contributed by atoms with van der Waals surface area (Å²) in [6.45, 7) is 1.78. The maximum absolute atomic E-state index is 10.6. The van der Waals surface area contributed by atoms with Crippen LogP contribution in [0.25, 0.3) is 0 Å². The highest BCUT2D eigenvalue weighted by atomic mass is 79.9. The number of rotatable bonds is 4. The smallest absolute Gasteiger partial charge is 0.137 e. The van der Waals surface area contributed by atoms with E-state index in [2.05, 4.69) is 20.9 Å². The van der Waals surface area contributed by atoms with Gasteiger partial charge in [-0.1, -0.05) is 28.1 Å². The van der Waals surface area contributed by atoms with Crippen molar-refractivity contribution >= 4 is 15.9 Å². The number of benzene rings is 1. The third-order valence-electron chi connectivity index (χ3n) is 3.03. The number of aliphatic hydroxyl groups is 1. The molecule has 2 aromatic rings. The van der Waals surface area contributed by atoms with E-state index in [0.29, 0.717) is 12.2 Å². The molecular weight excluding hydrogens is 306 g/mol. The second kappa shape index (κ2) is 5.72. The highest BCUT2D eigenvalue weighted by molar-refractivity contribution is 9.10. The minimum Gasteiger partial charge on any atom is -0.495 e. The summed E-state index contributed by atoms with van der Waals surface area (Å²) in [4.78, 5) is 4.08. The third-order valence-corrected chi connectivity index (χ3v) is 3.56. The Labute approximate surface area is 121 Å². The van der Waals surface area contributed by atoms with Gasteiger partial charge < -0.3 is 9.84 Å². The van der Waals surface area contributed by atoms with Gasteiger partial charge in [0.15, 0.2) is 0 Å². The molecule has 2 rings (SSSR count). The normalized spacial score (nSPS) is 13.9. The molecule has 1 heterocycles. The van der Waals surface area contributed by atoms with Gasteiger partial charge in [0.05, 0.1) is 18.9 Å². The van der Waals surface area contributed by atoms with Crippen LogP contribution in [0.5, 0.6) is 5.75 Å². The number of hydrogen-bond donors (Lipinski definition) is 1. The molecule has 4 heteroatoms. The van der Waals surface area contributed by atoms with Crippen LogP contribution in [0.3, 0.4) is 0 Å². The molecular formula is C15H16BrNO2. The van der Waals surface area contributed by atoms with Gasteiger partial charge in [-0.25, -0.2) is 0 Å². The maximum atomic E-state index is 10.6. The van der Waals surface area contributed by atoms with Gasteiger partial charge in [0.2, 0.25) is 0 Å². The van der Waals surface area contributed by atoms with Gasteiger partial charge in [0.25, 0.3) is 0 Å². The van der Waals surface area contributed by atoms with Gasteiger partial charge in [-0.05, 0) is 30.7 Å². The van der Waals surface area contributed by atoms with Gasteiger partial charge in [0.1, 0.15) is 5.75 Å². The zero-order chi connectivity index (χ0) is 13.9. The van der Waals surface area contributed by atoms with Crippen molar-refractivity contribution in [3.8, 4) is 5.75 Å². The Morgan fingerprint density at radius 2 is 1.95 bits per heavy atom. The first-order valence-corrected chi connectivity index (χ1v) is 6.77. The van der Waals surface area contributed by atoms with Crippen LogP contribution < -0.4 is 4.74 Å². The molecule has 0 saturated carbocycles. The second-order valence-corrected chi connectivity index (χ2v) is 5.61. The average molecular weight is 322 g/mol. The summed E-state index contributed by atoms with van der Waals surface area (Å²) >= 11 is 3.40. The van der Waals surface area contributed by atoms with Gasteiger partial charge in [-0.3, -0.25) is 4.98 Å². The van der Waals surface area contributed by atoms with Crippen molar-refractivity contribution in [2.45, 2.75) is 18.9 Å². The number of aromatic nitrogens is 1. The van der Waals surface area contributed by atoms with Crippen molar-refractivity contribution in [2.24, 2.45) is 0 Å². The highest BCUT2D eigenvalue weighted by Crippen LogP contribution is 2.27. The zero-order valence-electron chi connectivity index (χ0n) is 10.9. The van der Waals surface area contributed by atoms with Crippen molar-refractivity contribution in [3.05, 3.63) is 58.3 Å². The predicted molar refractivity (Wildman–Crippen MR) is 78.2 cm³/mol. The molecule has 0 aliphatic heterocycles. The van der Waals surface area contributed by atoms with Gasteiger partial charge >= 0.3 is 0 Å². The number of methoxy groups -OCH3 is 1. The monoisotopic (exact) mass is 321 g/mol. The molecule has 1 N–H and O–H groups in total. The Kier molecular flexibility index (Phi) is 4.22. The molecule has 0 saturated heterocycles. The van der Waals surface area contributed by atoms with Crippen LogP contribution in [0.2, 0.25) is 0 Å². The Morgan fingerprint density at radius 1 is 1.26 bits per heavy atom. The van der Waals surface area contributed by atoms with E-state index in [4.69, 9.17) is 4.74 Å². The summed E-state index contributed by atoms with van der Waals surface area (Å²) in [6, 6.07) is 9.73. The lowest BCUT2D eigenvalue weighted by Crippen LogP contribution is -2.24. The van der Waals surface area contributed by atoms with Crippen LogP contribution in [-0.2, 0) is 12.0 Å². The quantitative estimate of drug-likeness (QED) is 0.939. The molecule has 0 fully saturated rings. The maximum Gasteiger partial charge on any atom is 0.137 e. The summed E-state index contributed by atoms with van der Waals surface area (Å²) < 4.78 is 6.16. The fourth-order valence-corrected chi connectivity index (χ4v) is 2.19. The molecule has 100 valence electrons. The minimum atomic E-state index is -0.977. The highest BCUT2D eigenvalue weighted by Gasteiger charge is 2.24. The summed E-state index contributed by atoms with van der Waals surface area (Å²) in [7, 11) is 1.59. The topological polar surface area (TPSA) is 42.4 Å². The molecule has 0 aliphatic rings. The Bertz CT molecular complexity index is 552. The van der Waals surface area contributed by atoms with E-state index in [1.165, 1.54) is 0 Å².